The molecule has 0 spiro atoms. The van der Waals surface area contributed by atoms with E-state index in [9.17, 15) is 9.90 Å². The Labute approximate surface area is 235 Å². The van der Waals surface area contributed by atoms with Crippen molar-refractivity contribution in [1.29, 1.82) is 0 Å². The minimum atomic E-state index is -0.273. The Hall–Kier alpha value is -2.93. The monoisotopic (exact) mass is 535 g/mol. The van der Waals surface area contributed by atoms with Crippen molar-refractivity contribution in [3.8, 4) is 11.4 Å². The van der Waals surface area contributed by atoms with Gasteiger partial charge >= 0.3 is 0 Å². The van der Waals surface area contributed by atoms with Gasteiger partial charge in [0, 0.05) is 18.5 Å². The van der Waals surface area contributed by atoms with E-state index in [0.717, 1.165) is 48.2 Å². The predicted octanol–water partition coefficient (Wildman–Crippen LogP) is 6.54. The average molecular weight is 536 g/mol. The summed E-state index contributed by atoms with van der Waals surface area (Å²) in [5, 5.41) is 23.4. The van der Waals surface area contributed by atoms with Crippen LogP contribution >= 0.6 is 0 Å². The van der Waals surface area contributed by atoms with Crippen LogP contribution in [0.4, 0.5) is 0 Å². The fourth-order valence-corrected chi connectivity index (χ4v) is 4.93. The molecule has 0 aliphatic carbocycles. The Morgan fingerprint density at radius 3 is 2.23 bits per heavy atom. The number of carbonyl (C=O) groups excluding carboxylic acids is 1. The lowest BCUT2D eigenvalue weighted by molar-refractivity contribution is -0.121. The third kappa shape index (κ3) is 9.34. The zero-order valence-electron chi connectivity index (χ0n) is 24.8. The molecule has 214 valence electrons. The molecule has 0 aliphatic rings. The van der Waals surface area contributed by atoms with Gasteiger partial charge in [-0.15, -0.1) is 15.0 Å². The summed E-state index contributed by atoms with van der Waals surface area (Å²) in [6, 6.07) is 11.6. The highest BCUT2D eigenvalue weighted by molar-refractivity contribution is 5.76. The minimum Gasteiger partial charge on any atom is -0.505 e. The van der Waals surface area contributed by atoms with Crippen molar-refractivity contribution in [2.24, 2.45) is 0 Å². The van der Waals surface area contributed by atoms with Gasteiger partial charge < -0.3 is 15.3 Å². The van der Waals surface area contributed by atoms with Crippen molar-refractivity contribution in [3.63, 3.8) is 0 Å². The topological polar surface area (TPSA) is 83.3 Å². The molecule has 0 unspecified atom stereocenters. The van der Waals surface area contributed by atoms with Gasteiger partial charge in [0.15, 0.2) is 0 Å². The van der Waals surface area contributed by atoms with E-state index < -0.39 is 0 Å². The van der Waals surface area contributed by atoms with Crippen molar-refractivity contribution in [2.75, 3.05) is 26.2 Å². The van der Waals surface area contributed by atoms with Gasteiger partial charge in [-0.25, -0.2) is 0 Å². The summed E-state index contributed by atoms with van der Waals surface area (Å²) in [5.41, 5.74) is 3.62. The Morgan fingerprint density at radius 1 is 0.949 bits per heavy atom. The molecule has 3 aromatic rings. The number of nitrogens with zero attached hydrogens (tertiary/aromatic N) is 4. The summed E-state index contributed by atoms with van der Waals surface area (Å²) in [6.45, 7) is 14.6. The Bertz CT molecular complexity index is 1150. The highest BCUT2D eigenvalue weighted by Crippen LogP contribution is 2.36. The first kappa shape index (κ1) is 30.6. The minimum absolute atomic E-state index is 0.0591. The molecule has 0 saturated carbocycles. The third-order valence-electron chi connectivity index (χ3n) is 7.35. The van der Waals surface area contributed by atoms with Crippen LogP contribution in [-0.4, -0.2) is 57.1 Å². The van der Waals surface area contributed by atoms with Crippen molar-refractivity contribution in [2.45, 2.75) is 97.8 Å². The number of phenolic OH excluding ortho intramolecular Hbond substituents is 1. The smallest absolute Gasteiger partial charge is 0.220 e. The van der Waals surface area contributed by atoms with Crippen molar-refractivity contribution in [3.05, 3.63) is 47.5 Å². The molecule has 1 aromatic heterocycles. The Kier molecular flexibility index (Phi) is 11.8. The second-order valence-electron chi connectivity index (χ2n) is 11.6. The number of hydrogen-bond donors (Lipinski definition) is 2. The molecule has 39 heavy (non-hydrogen) atoms. The fraction of sp³-hybridized carbons (Fsp3) is 0.594. The van der Waals surface area contributed by atoms with Crippen molar-refractivity contribution >= 4 is 16.9 Å². The van der Waals surface area contributed by atoms with E-state index >= 15 is 0 Å². The van der Waals surface area contributed by atoms with E-state index in [1.54, 1.807) is 0 Å². The van der Waals surface area contributed by atoms with Gasteiger partial charge in [0.25, 0.3) is 0 Å². The van der Waals surface area contributed by atoms with Gasteiger partial charge in [0.05, 0.1) is 0 Å². The number of aryl methyl sites for hydroxylation is 1. The summed E-state index contributed by atoms with van der Waals surface area (Å²) in [5.74, 6) is 0.237. The number of hydrogen-bond acceptors (Lipinski definition) is 5. The van der Waals surface area contributed by atoms with Crippen LogP contribution in [0.5, 0.6) is 5.75 Å². The van der Waals surface area contributed by atoms with Gasteiger partial charge in [-0.3, -0.25) is 4.79 Å². The van der Waals surface area contributed by atoms with E-state index in [2.05, 4.69) is 55.0 Å². The quantitative estimate of drug-likeness (QED) is 0.203. The summed E-state index contributed by atoms with van der Waals surface area (Å²) in [7, 11) is 0. The number of carbonyl (C=O) groups is 1. The summed E-state index contributed by atoms with van der Waals surface area (Å²) in [4.78, 5) is 16.6. The molecule has 0 fully saturated rings. The van der Waals surface area contributed by atoms with E-state index in [1.165, 1.54) is 43.3 Å². The molecule has 3 rings (SSSR count). The molecule has 1 heterocycles. The van der Waals surface area contributed by atoms with Crippen molar-refractivity contribution in [1.82, 2.24) is 25.2 Å². The third-order valence-corrected chi connectivity index (χ3v) is 7.35. The second-order valence-corrected chi connectivity index (χ2v) is 11.6. The predicted molar refractivity (Wildman–Crippen MR) is 161 cm³/mol. The lowest BCUT2D eigenvalue weighted by Crippen LogP contribution is -2.30. The van der Waals surface area contributed by atoms with Crippen LogP contribution in [-0.2, 0) is 16.6 Å². The summed E-state index contributed by atoms with van der Waals surface area (Å²) in [6.07, 6.45) is 9.87. The molecule has 0 bridgehead atoms. The zero-order valence-corrected chi connectivity index (χ0v) is 24.8. The van der Waals surface area contributed by atoms with Crippen molar-refractivity contribution < 1.29 is 9.90 Å². The molecular formula is C32H49N5O2. The van der Waals surface area contributed by atoms with Gasteiger partial charge in [-0.2, -0.15) is 0 Å². The van der Waals surface area contributed by atoms with Crippen LogP contribution in [0.25, 0.3) is 16.7 Å². The lowest BCUT2D eigenvalue weighted by atomic mass is 9.84. The first-order valence-electron chi connectivity index (χ1n) is 14.9. The maximum absolute atomic E-state index is 12.6. The SMILES string of the molecule is CCCCCCCCN(CC)CCCNC(=O)CCc1cc(-n2nc3ccccc3n2)c(O)c(C(C)(C)C)c1. The largest absolute Gasteiger partial charge is 0.505 e. The summed E-state index contributed by atoms with van der Waals surface area (Å²) >= 11 is 0. The highest BCUT2D eigenvalue weighted by atomic mass is 16.3. The molecule has 0 saturated heterocycles. The van der Waals surface area contributed by atoms with Crippen LogP contribution in [0.15, 0.2) is 36.4 Å². The zero-order chi connectivity index (χ0) is 28.3. The normalized spacial score (nSPS) is 11.9. The lowest BCUT2D eigenvalue weighted by Gasteiger charge is -2.23. The molecule has 2 aromatic carbocycles. The van der Waals surface area contributed by atoms with E-state index in [1.807, 2.05) is 36.4 Å². The fourth-order valence-electron chi connectivity index (χ4n) is 4.93. The maximum atomic E-state index is 12.6. The molecule has 2 N–H and O–H groups in total. The number of amides is 1. The highest BCUT2D eigenvalue weighted by Gasteiger charge is 2.23. The van der Waals surface area contributed by atoms with Crippen LogP contribution < -0.4 is 5.32 Å². The number of nitrogens with one attached hydrogen (secondary N) is 1. The standard InChI is InChI=1S/C32H49N5O2/c1-6-8-9-10-11-14-21-36(7-2)22-15-20-33-30(38)19-18-25-23-26(32(3,4)5)31(39)29(24-25)37-34-27-16-12-13-17-28(27)35-37/h12-13,16-17,23-24,39H,6-11,14-15,18-22H2,1-5H3,(H,33,38). The number of phenols is 1. The first-order chi connectivity index (χ1) is 18.7. The van der Waals surface area contributed by atoms with Gasteiger partial charge in [-0.05, 0) is 68.1 Å². The molecule has 0 atom stereocenters. The number of aromatic nitrogens is 3. The molecule has 0 radical (unpaired) electrons. The number of rotatable bonds is 16. The summed E-state index contributed by atoms with van der Waals surface area (Å²) < 4.78 is 0. The Morgan fingerprint density at radius 2 is 1.59 bits per heavy atom. The Balaban J connectivity index is 1.53. The number of unbranched alkanes of at least 4 members (excludes halogenated alkanes) is 5. The molecule has 0 aliphatic heterocycles. The van der Waals surface area contributed by atoms with E-state index in [0.29, 0.717) is 25.1 Å². The van der Waals surface area contributed by atoms with Crippen LogP contribution in [0, 0.1) is 0 Å². The molecular weight excluding hydrogens is 486 g/mol. The first-order valence-corrected chi connectivity index (χ1v) is 14.9. The second kappa shape index (κ2) is 15.0. The average Bonchev–Trinajstić information content (AvgIpc) is 3.34. The number of aromatic hydroxyl groups is 1. The van der Waals surface area contributed by atoms with Gasteiger partial charge in [0.2, 0.25) is 5.91 Å². The van der Waals surface area contributed by atoms with Crippen LogP contribution in [0.2, 0.25) is 0 Å². The van der Waals surface area contributed by atoms with Crippen LogP contribution in [0.3, 0.4) is 0 Å². The number of benzene rings is 2. The maximum Gasteiger partial charge on any atom is 0.220 e. The molecule has 1 amide bonds. The van der Waals surface area contributed by atoms with E-state index in [-0.39, 0.29) is 17.1 Å². The molecule has 7 heteroatoms. The van der Waals surface area contributed by atoms with Crippen LogP contribution in [0.1, 0.15) is 97.1 Å². The van der Waals surface area contributed by atoms with E-state index in [4.69, 9.17) is 0 Å². The van der Waals surface area contributed by atoms with Gasteiger partial charge in [-0.1, -0.05) is 84.9 Å². The van der Waals surface area contributed by atoms with Gasteiger partial charge in [0.1, 0.15) is 22.5 Å². The molecule has 7 nitrogen and oxygen atoms in total. The number of fused-ring (bicyclic) bond motifs is 1.